The minimum atomic E-state index is -1.31. The van der Waals surface area contributed by atoms with Crippen molar-refractivity contribution in [3.63, 3.8) is 0 Å². The number of methoxy groups -OCH3 is 2. The van der Waals surface area contributed by atoms with Crippen molar-refractivity contribution in [2.75, 3.05) is 27.3 Å². The number of amides is 1. The van der Waals surface area contributed by atoms with Crippen LogP contribution in [0.25, 0.3) is 0 Å². The van der Waals surface area contributed by atoms with Gasteiger partial charge in [-0.05, 0) is 153 Å². The molecule has 3 aromatic rings. The Balaban J connectivity index is 1.28. The molecule has 1 amide bonds. The van der Waals surface area contributed by atoms with Crippen molar-refractivity contribution in [1.82, 2.24) is 4.90 Å². The largest absolute Gasteiger partial charge is 0.493 e. The van der Waals surface area contributed by atoms with E-state index in [4.69, 9.17) is 9.47 Å². The topological polar surface area (TPSA) is 96.3 Å². The molecule has 0 aromatic heterocycles. The molecule has 0 radical (unpaired) electrons. The van der Waals surface area contributed by atoms with Gasteiger partial charge in [-0.3, -0.25) is 9.59 Å². The average molecular weight is 798 g/mol. The highest BCUT2D eigenvalue weighted by molar-refractivity contribution is 6.10. The zero-order valence-corrected chi connectivity index (χ0v) is 35.1. The van der Waals surface area contributed by atoms with Crippen LogP contribution in [0.2, 0.25) is 0 Å². The number of carbonyl (C=O) groups excluding carboxylic acids is 2. The molecule has 4 bridgehead atoms. The van der Waals surface area contributed by atoms with Crippen molar-refractivity contribution in [2.24, 2.45) is 28.6 Å². The average Bonchev–Trinajstić information content (AvgIpc) is 3.45. The summed E-state index contributed by atoms with van der Waals surface area (Å²) in [6.45, 7) is 9.63. The molecule has 7 unspecified atom stereocenters. The molecule has 9 rings (SSSR count). The Morgan fingerprint density at radius 1 is 0.897 bits per heavy atom. The number of hydrogen-bond acceptors (Lipinski definition) is 6. The first-order valence-electron chi connectivity index (χ1n) is 21.2. The van der Waals surface area contributed by atoms with E-state index in [0.717, 1.165) is 41.7 Å². The lowest BCUT2D eigenvalue weighted by molar-refractivity contribution is -0.149. The van der Waals surface area contributed by atoms with Gasteiger partial charge in [0, 0.05) is 29.6 Å². The molecule has 0 heterocycles. The van der Waals surface area contributed by atoms with E-state index in [-0.39, 0.29) is 35.8 Å². The maximum Gasteiger partial charge on any atom is 0.227 e. The molecular weight excluding hydrogens is 737 g/mol. The van der Waals surface area contributed by atoms with Gasteiger partial charge in [0.05, 0.1) is 32.3 Å². The van der Waals surface area contributed by atoms with Crippen LogP contribution in [0, 0.1) is 40.2 Å². The minimum absolute atomic E-state index is 0.0352. The molecule has 0 saturated heterocycles. The van der Waals surface area contributed by atoms with Crippen LogP contribution in [0.4, 0.5) is 8.78 Å². The quantitative estimate of drug-likeness (QED) is 0.157. The molecule has 312 valence electrons. The standard InChI is InChI=1S/C49H61F2NO6/c1-30-8-7-20-48(4)39(37-16-10-31(22-36(53)15-9-30)23-38(37)46(55)33-13-17-41(50)42(51)26-33)19-21-49(48,56)29-52(28-34-12-14-35-27-40(34)47(35,2)3)45(54)25-32-11-18-43(57-5)44(24-32)58-6/h8,10-11,13,16-18,23-24,26,34-36,39-40,53,56H,7,9,12,14-15,19-22,25,27-29H2,1-6H3. The van der Waals surface area contributed by atoms with Crippen molar-refractivity contribution in [3.05, 3.63) is 106 Å². The van der Waals surface area contributed by atoms with Crippen LogP contribution in [0.15, 0.2) is 66.2 Å². The summed E-state index contributed by atoms with van der Waals surface area (Å²) in [4.78, 5) is 31.0. The number of ketones is 1. The molecular formula is C49H61F2NO6. The van der Waals surface area contributed by atoms with Crippen molar-refractivity contribution >= 4 is 11.7 Å². The Hall–Kier alpha value is -4.08. The predicted octanol–water partition coefficient (Wildman–Crippen LogP) is 9.40. The molecule has 4 saturated carbocycles. The number of aliphatic hydroxyl groups excluding tert-OH is 1. The van der Waals surface area contributed by atoms with E-state index in [0.29, 0.717) is 86.3 Å². The van der Waals surface area contributed by atoms with Gasteiger partial charge in [-0.1, -0.05) is 50.6 Å². The number of benzene rings is 3. The van der Waals surface area contributed by atoms with Gasteiger partial charge in [-0.15, -0.1) is 0 Å². The molecule has 6 aliphatic rings. The molecule has 4 fully saturated rings. The predicted molar refractivity (Wildman–Crippen MR) is 221 cm³/mol. The van der Waals surface area contributed by atoms with Gasteiger partial charge in [-0.2, -0.15) is 0 Å². The van der Waals surface area contributed by atoms with Crippen LogP contribution >= 0.6 is 0 Å². The van der Waals surface area contributed by atoms with E-state index in [9.17, 15) is 28.6 Å². The van der Waals surface area contributed by atoms with E-state index < -0.39 is 34.5 Å². The van der Waals surface area contributed by atoms with E-state index in [1.54, 1.807) is 20.3 Å². The Kier molecular flexibility index (Phi) is 12.0. The second-order valence-corrected chi connectivity index (χ2v) is 18.7. The third kappa shape index (κ3) is 7.98. The summed E-state index contributed by atoms with van der Waals surface area (Å²) in [5, 5.41) is 24.3. The fraction of sp³-hybridized carbons (Fsp3) is 0.551. The van der Waals surface area contributed by atoms with E-state index in [1.165, 1.54) is 18.1 Å². The number of carbonyl (C=O) groups is 2. The normalized spacial score (nSPS) is 29.1. The maximum absolute atomic E-state index is 14.7. The lowest BCUT2D eigenvalue weighted by Gasteiger charge is -2.61. The number of fused-ring (bicyclic) bond motifs is 10. The van der Waals surface area contributed by atoms with Crippen LogP contribution in [-0.4, -0.2) is 65.8 Å². The number of allylic oxidation sites excluding steroid dienone is 2. The third-order valence-corrected chi connectivity index (χ3v) is 15.2. The summed E-state index contributed by atoms with van der Waals surface area (Å²) in [7, 11) is 3.16. The molecule has 7 atom stereocenters. The van der Waals surface area contributed by atoms with Gasteiger partial charge in [-0.25, -0.2) is 8.78 Å². The van der Waals surface area contributed by atoms with Gasteiger partial charge in [0.2, 0.25) is 5.91 Å². The van der Waals surface area contributed by atoms with Gasteiger partial charge < -0.3 is 24.6 Å². The van der Waals surface area contributed by atoms with Crippen LogP contribution in [0.1, 0.15) is 124 Å². The SMILES string of the molecule is COc1ccc(CC(=O)N(CC2CCC3CC2C3(C)C)CC2(O)CCC3c4ccc(cc4C(=O)c4ccc(F)c(F)c4)CC(O)CCC(C)=CCCC32C)cc1OC. The second kappa shape index (κ2) is 16.5. The first-order chi connectivity index (χ1) is 27.6. The van der Waals surface area contributed by atoms with Gasteiger partial charge in [0.15, 0.2) is 28.9 Å². The highest BCUT2D eigenvalue weighted by atomic mass is 19.2. The van der Waals surface area contributed by atoms with Crippen molar-refractivity contribution in [1.29, 1.82) is 0 Å². The van der Waals surface area contributed by atoms with Gasteiger partial charge in [0.1, 0.15) is 0 Å². The lowest BCUT2D eigenvalue weighted by atomic mass is 9.45. The Bertz CT molecular complexity index is 2060. The molecule has 3 aromatic carbocycles. The summed E-state index contributed by atoms with van der Waals surface area (Å²) >= 11 is 0. The number of halogens is 2. The fourth-order valence-electron chi connectivity index (χ4n) is 11.3. The Labute approximate surface area is 342 Å². The van der Waals surface area contributed by atoms with Gasteiger partial charge >= 0.3 is 0 Å². The van der Waals surface area contributed by atoms with Crippen LogP contribution < -0.4 is 9.47 Å². The molecule has 0 spiro atoms. The number of ether oxygens (including phenoxy) is 2. The first kappa shape index (κ1) is 42.1. The molecule has 7 nitrogen and oxygen atoms in total. The van der Waals surface area contributed by atoms with E-state index >= 15 is 0 Å². The summed E-state index contributed by atoms with van der Waals surface area (Å²) in [5.74, 6) is -0.228. The second-order valence-electron chi connectivity index (χ2n) is 18.7. The van der Waals surface area contributed by atoms with Crippen molar-refractivity contribution < 1.29 is 38.1 Å². The number of nitrogens with zero attached hydrogens (tertiary/aromatic N) is 1. The van der Waals surface area contributed by atoms with E-state index in [1.807, 2.05) is 35.2 Å². The van der Waals surface area contributed by atoms with Gasteiger partial charge in [0.25, 0.3) is 0 Å². The summed E-state index contributed by atoms with van der Waals surface area (Å²) in [6, 6.07) is 14.5. The molecule has 58 heavy (non-hydrogen) atoms. The fourth-order valence-corrected chi connectivity index (χ4v) is 11.3. The zero-order chi connectivity index (χ0) is 41.6. The van der Waals surface area contributed by atoms with Crippen LogP contribution in [0.5, 0.6) is 11.5 Å². The maximum atomic E-state index is 14.7. The van der Waals surface area contributed by atoms with Crippen LogP contribution in [0.3, 0.4) is 0 Å². The number of hydrogen-bond donors (Lipinski definition) is 2. The monoisotopic (exact) mass is 797 g/mol. The zero-order valence-electron chi connectivity index (χ0n) is 35.1. The van der Waals surface area contributed by atoms with Crippen molar-refractivity contribution in [2.45, 2.75) is 116 Å². The van der Waals surface area contributed by atoms with E-state index in [2.05, 4.69) is 33.8 Å². The Morgan fingerprint density at radius 2 is 1.67 bits per heavy atom. The smallest absolute Gasteiger partial charge is 0.227 e. The first-order valence-corrected chi connectivity index (χ1v) is 21.2. The molecule has 2 N–H and O–H groups in total. The van der Waals surface area contributed by atoms with Crippen molar-refractivity contribution in [3.8, 4) is 11.5 Å². The summed E-state index contributed by atoms with van der Waals surface area (Å²) < 4.78 is 39.6. The Morgan fingerprint density at radius 3 is 2.38 bits per heavy atom. The third-order valence-electron chi connectivity index (χ3n) is 15.2. The molecule has 6 aliphatic carbocycles. The number of rotatable bonds is 10. The molecule has 9 heteroatoms. The minimum Gasteiger partial charge on any atom is -0.493 e. The summed E-state index contributed by atoms with van der Waals surface area (Å²) in [5.41, 5.74) is 2.01. The van der Waals surface area contributed by atoms with Crippen LogP contribution in [-0.2, 0) is 17.6 Å². The summed E-state index contributed by atoms with van der Waals surface area (Å²) in [6.07, 6.45) is 8.94. The number of aliphatic hydroxyl groups is 2. The lowest BCUT2D eigenvalue weighted by Crippen LogP contribution is -2.58. The highest BCUT2D eigenvalue weighted by Crippen LogP contribution is 2.62. The molecule has 0 aliphatic heterocycles. The highest BCUT2D eigenvalue weighted by Gasteiger charge is 2.59.